The zero-order valence-corrected chi connectivity index (χ0v) is 9.62. The van der Waals surface area contributed by atoms with Gasteiger partial charge in [-0.15, -0.1) is 0 Å². The number of amides is 1. The summed E-state index contributed by atoms with van der Waals surface area (Å²) in [5.74, 6) is 0.214. The summed E-state index contributed by atoms with van der Waals surface area (Å²) < 4.78 is 0. The predicted molar refractivity (Wildman–Crippen MR) is 59.5 cm³/mol. The van der Waals surface area contributed by atoms with Crippen LogP contribution in [0.15, 0.2) is 0 Å². The van der Waals surface area contributed by atoms with Gasteiger partial charge in [-0.1, -0.05) is 6.92 Å². The molecule has 88 valence electrons. The molecule has 4 heteroatoms. The van der Waals surface area contributed by atoms with Crippen molar-refractivity contribution >= 4 is 5.91 Å². The second-order valence-electron chi connectivity index (χ2n) is 4.37. The molecule has 0 aromatic heterocycles. The van der Waals surface area contributed by atoms with Gasteiger partial charge in [0.1, 0.15) is 0 Å². The van der Waals surface area contributed by atoms with E-state index in [9.17, 15) is 4.79 Å². The molecule has 0 bridgehead atoms. The molecule has 0 saturated carbocycles. The Bertz CT molecular complexity index is 205. The highest BCUT2D eigenvalue weighted by Gasteiger charge is 2.25. The lowest BCUT2D eigenvalue weighted by Gasteiger charge is -2.28. The molecule has 1 heterocycles. The summed E-state index contributed by atoms with van der Waals surface area (Å²) in [4.78, 5) is 11.8. The van der Waals surface area contributed by atoms with E-state index in [2.05, 4.69) is 17.6 Å². The molecule has 1 aliphatic rings. The molecular formula is C11H22N2O2. The minimum atomic E-state index is -0.0808. The maximum absolute atomic E-state index is 11.8. The molecule has 1 fully saturated rings. The van der Waals surface area contributed by atoms with Crippen molar-refractivity contribution in [2.75, 3.05) is 13.2 Å². The molecule has 2 unspecified atom stereocenters. The van der Waals surface area contributed by atoms with Gasteiger partial charge in [0, 0.05) is 12.0 Å². The Kier molecular flexibility index (Phi) is 5.05. The first-order valence-electron chi connectivity index (χ1n) is 5.82. The average molecular weight is 214 g/mol. The van der Waals surface area contributed by atoms with E-state index >= 15 is 0 Å². The number of aliphatic hydroxyl groups excluding tert-OH is 1. The van der Waals surface area contributed by atoms with Crippen LogP contribution in [0.25, 0.3) is 0 Å². The SMILES string of the molecule is CC[C@H](CO)NC(=O)C1CCNC(C)C1. The van der Waals surface area contributed by atoms with Crippen LogP contribution in [-0.2, 0) is 4.79 Å². The summed E-state index contributed by atoms with van der Waals surface area (Å²) in [6.07, 6.45) is 2.58. The number of hydrogen-bond acceptors (Lipinski definition) is 3. The van der Waals surface area contributed by atoms with Crippen molar-refractivity contribution < 1.29 is 9.90 Å². The second-order valence-corrected chi connectivity index (χ2v) is 4.37. The van der Waals surface area contributed by atoms with Gasteiger partial charge in [-0.05, 0) is 32.7 Å². The zero-order chi connectivity index (χ0) is 11.3. The highest BCUT2D eigenvalue weighted by Crippen LogP contribution is 2.16. The Morgan fingerprint density at radius 1 is 1.67 bits per heavy atom. The third-order valence-electron chi connectivity index (χ3n) is 3.05. The Balaban J connectivity index is 2.38. The fraction of sp³-hybridized carbons (Fsp3) is 0.909. The molecule has 1 saturated heterocycles. The minimum Gasteiger partial charge on any atom is -0.394 e. The van der Waals surface area contributed by atoms with Crippen LogP contribution in [0.1, 0.15) is 33.1 Å². The second kappa shape index (κ2) is 6.08. The number of piperidine rings is 1. The van der Waals surface area contributed by atoms with E-state index in [-0.39, 0.29) is 24.5 Å². The molecule has 0 radical (unpaired) electrons. The number of nitrogens with one attached hydrogen (secondary N) is 2. The van der Waals surface area contributed by atoms with Gasteiger partial charge in [0.2, 0.25) is 5.91 Å². The van der Waals surface area contributed by atoms with E-state index in [1.807, 2.05) is 6.92 Å². The molecule has 1 amide bonds. The van der Waals surface area contributed by atoms with Gasteiger partial charge in [0.25, 0.3) is 0 Å². The summed E-state index contributed by atoms with van der Waals surface area (Å²) in [5, 5.41) is 15.2. The van der Waals surface area contributed by atoms with Crippen molar-refractivity contribution in [3.8, 4) is 0 Å². The van der Waals surface area contributed by atoms with E-state index < -0.39 is 0 Å². The maximum atomic E-state index is 11.8. The molecule has 1 aliphatic heterocycles. The summed E-state index contributed by atoms with van der Waals surface area (Å²) in [5.41, 5.74) is 0. The normalized spacial score (nSPS) is 28.5. The van der Waals surface area contributed by atoms with Crippen molar-refractivity contribution in [2.24, 2.45) is 5.92 Å². The van der Waals surface area contributed by atoms with Crippen LogP contribution in [0.4, 0.5) is 0 Å². The lowest BCUT2D eigenvalue weighted by molar-refractivity contribution is -0.127. The summed E-state index contributed by atoms with van der Waals surface area (Å²) >= 11 is 0. The standard InChI is InChI=1S/C11H22N2O2/c1-3-10(7-14)13-11(15)9-4-5-12-8(2)6-9/h8-10,12,14H,3-7H2,1-2H3,(H,13,15)/t8?,9?,10-/m1/s1. The molecule has 4 nitrogen and oxygen atoms in total. The molecule has 1 rings (SSSR count). The maximum Gasteiger partial charge on any atom is 0.223 e. The van der Waals surface area contributed by atoms with E-state index in [4.69, 9.17) is 5.11 Å². The smallest absolute Gasteiger partial charge is 0.223 e. The first kappa shape index (κ1) is 12.5. The minimum absolute atomic E-state index is 0.0305. The van der Waals surface area contributed by atoms with Crippen molar-refractivity contribution in [1.29, 1.82) is 0 Å². The third kappa shape index (κ3) is 3.80. The molecule has 3 atom stereocenters. The van der Waals surface area contributed by atoms with Crippen molar-refractivity contribution in [3.05, 3.63) is 0 Å². The zero-order valence-electron chi connectivity index (χ0n) is 9.62. The van der Waals surface area contributed by atoms with Crippen molar-refractivity contribution in [2.45, 2.75) is 45.2 Å². The first-order valence-corrected chi connectivity index (χ1v) is 5.82. The van der Waals surface area contributed by atoms with Gasteiger partial charge >= 0.3 is 0 Å². The lowest BCUT2D eigenvalue weighted by atomic mass is 9.92. The average Bonchev–Trinajstić information content (AvgIpc) is 2.25. The topological polar surface area (TPSA) is 61.4 Å². The number of rotatable bonds is 4. The Hall–Kier alpha value is -0.610. The van der Waals surface area contributed by atoms with Crippen LogP contribution in [0, 0.1) is 5.92 Å². The van der Waals surface area contributed by atoms with Crippen molar-refractivity contribution in [3.63, 3.8) is 0 Å². The van der Waals surface area contributed by atoms with E-state index in [0.717, 1.165) is 25.8 Å². The van der Waals surface area contributed by atoms with Gasteiger partial charge in [-0.2, -0.15) is 0 Å². The molecule has 0 aromatic carbocycles. The molecule has 0 aromatic rings. The highest BCUT2D eigenvalue weighted by atomic mass is 16.3. The Morgan fingerprint density at radius 2 is 2.40 bits per heavy atom. The summed E-state index contributed by atoms with van der Waals surface area (Å²) in [6, 6.07) is 0.339. The largest absolute Gasteiger partial charge is 0.394 e. The van der Waals surface area contributed by atoms with Gasteiger partial charge < -0.3 is 15.7 Å². The number of carbonyl (C=O) groups excluding carboxylic acids is 1. The molecule has 3 N–H and O–H groups in total. The lowest BCUT2D eigenvalue weighted by Crippen LogP contribution is -2.46. The van der Waals surface area contributed by atoms with Gasteiger partial charge in [0.05, 0.1) is 12.6 Å². The monoisotopic (exact) mass is 214 g/mol. The van der Waals surface area contributed by atoms with E-state index in [1.54, 1.807) is 0 Å². The predicted octanol–water partition coefficient (Wildman–Crippen LogP) is 0.262. The van der Waals surface area contributed by atoms with Crippen LogP contribution in [0.5, 0.6) is 0 Å². The molecule has 15 heavy (non-hydrogen) atoms. The fourth-order valence-electron chi connectivity index (χ4n) is 1.97. The number of hydrogen-bond donors (Lipinski definition) is 3. The first-order chi connectivity index (χ1) is 7.17. The summed E-state index contributed by atoms with van der Waals surface area (Å²) in [7, 11) is 0. The van der Waals surface area contributed by atoms with Gasteiger partial charge in [-0.25, -0.2) is 0 Å². The van der Waals surface area contributed by atoms with Crippen LogP contribution < -0.4 is 10.6 Å². The Morgan fingerprint density at radius 3 is 2.93 bits per heavy atom. The van der Waals surface area contributed by atoms with Crippen LogP contribution in [-0.4, -0.2) is 36.2 Å². The van der Waals surface area contributed by atoms with Crippen LogP contribution >= 0.6 is 0 Å². The van der Waals surface area contributed by atoms with Crippen molar-refractivity contribution in [1.82, 2.24) is 10.6 Å². The highest BCUT2D eigenvalue weighted by molar-refractivity contribution is 5.79. The Labute approximate surface area is 91.4 Å². The van der Waals surface area contributed by atoms with E-state index in [1.165, 1.54) is 0 Å². The van der Waals surface area contributed by atoms with Gasteiger partial charge in [0.15, 0.2) is 0 Å². The van der Waals surface area contributed by atoms with Crippen LogP contribution in [0.3, 0.4) is 0 Å². The molecule has 0 spiro atoms. The van der Waals surface area contributed by atoms with Gasteiger partial charge in [-0.3, -0.25) is 4.79 Å². The molecule has 0 aliphatic carbocycles. The van der Waals surface area contributed by atoms with E-state index in [0.29, 0.717) is 6.04 Å². The molecular weight excluding hydrogens is 192 g/mol. The number of aliphatic hydroxyl groups is 1. The third-order valence-corrected chi connectivity index (χ3v) is 3.05. The summed E-state index contributed by atoms with van der Waals surface area (Å²) in [6.45, 7) is 5.01. The number of carbonyl (C=O) groups is 1. The fourth-order valence-corrected chi connectivity index (χ4v) is 1.97. The quantitative estimate of drug-likeness (QED) is 0.629. The van der Waals surface area contributed by atoms with Crippen LogP contribution in [0.2, 0.25) is 0 Å².